The van der Waals surface area contributed by atoms with Crippen molar-refractivity contribution in [2.45, 2.75) is 19.9 Å². The van der Waals surface area contributed by atoms with Crippen LogP contribution in [0.1, 0.15) is 13.8 Å². The predicted molar refractivity (Wildman–Crippen MR) is 61.5 cm³/mol. The van der Waals surface area contributed by atoms with Gasteiger partial charge < -0.3 is 10.0 Å². The first kappa shape index (κ1) is 11.5. The number of aliphatic hydroxyl groups is 1. The molecule has 1 N–H and O–H groups in total. The van der Waals surface area contributed by atoms with Crippen LogP contribution >= 0.6 is 15.9 Å². The zero-order chi connectivity index (χ0) is 10.6. The average Bonchev–Trinajstić information content (AvgIpc) is 2.13. The Balaban J connectivity index is 2.87. The van der Waals surface area contributed by atoms with E-state index in [-0.39, 0.29) is 6.61 Å². The fourth-order valence-electron chi connectivity index (χ4n) is 1.30. The van der Waals surface area contributed by atoms with E-state index in [1.54, 1.807) is 0 Å². The number of hydrogen-bond donors (Lipinski definition) is 1. The van der Waals surface area contributed by atoms with Gasteiger partial charge in [0.05, 0.1) is 6.61 Å². The van der Waals surface area contributed by atoms with E-state index in [2.05, 4.69) is 39.7 Å². The molecule has 0 bridgehead atoms. The number of aromatic nitrogens is 1. The minimum atomic E-state index is 0.145. The van der Waals surface area contributed by atoms with Gasteiger partial charge in [0.25, 0.3) is 0 Å². The highest BCUT2D eigenvalue weighted by Crippen LogP contribution is 2.16. The van der Waals surface area contributed by atoms with Crippen molar-refractivity contribution in [3.05, 3.63) is 22.8 Å². The molecule has 14 heavy (non-hydrogen) atoms. The maximum Gasteiger partial charge on any atom is 0.130 e. The lowest BCUT2D eigenvalue weighted by molar-refractivity contribution is 0.298. The normalized spacial score (nSPS) is 10.6. The molecule has 0 amide bonds. The molecule has 1 aromatic heterocycles. The molecule has 1 aromatic rings. The van der Waals surface area contributed by atoms with Gasteiger partial charge in [-0.3, -0.25) is 0 Å². The summed E-state index contributed by atoms with van der Waals surface area (Å²) in [6.45, 7) is 4.92. The van der Waals surface area contributed by atoms with E-state index in [9.17, 15) is 0 Å². The second-order valence-electron chi connectivity index (χ2n) is 3.33. The second kappa shape index (κ2) is 5.32. The first-order chi connectivity index (χ1) is 6.65. The van der Waals surface area contributed by atoms with Crippen molar-refractivity contribution in [1.82, 2.24) is 4.98 Å². The molecule has 0 aliphatic rings. The van der Waals surface area contributed by atoms with Crippen molar-refractivity contribution in [3.8, 4) is 0 Å². The van der Waals surface area contributed by atoms with E-state index in [1.807, 2.05) is 18.2 Å². The monoisotopic (exact) mass is 258 g/mol. The lowest BCUT2D eigenvalue weighted by atomic mass is 10.3. The summed E-state index contributed by atoms with van der Waals surface area (Å²) >= 11 is 3.33. The van der Waals surface area contributed by atoms with Gasteiger partial charge in [0.15, 0.2) is 0 Å². The van der Waals surface area contributed by atoms with Crippen LogP contribution in [0.2, 0.25) is 0 Å². The van der Waals surface area contributed by atoms with Gasteiger partial charge in [-0.05, 0) is 41.9 Å². The molecule has 0 aliphatic heterocycles. The van der Waals surface area contributed by atoms with Crippen LogP contribution in [0.4, 0.5) is 5.82 Å². The van der Waals surface area contributed by atoms with E-state index in [1.165, 1.54) is 0 Å². The number of hydrogen-bond acceptors (Lipinski definition) is 3. The highest BCUT2D eigenvalue weighted by Gasteiger charge is 2.10. The molecule has 4 heteroatoms. The third kappa shape index (κ3) is 2.96. The Morgan fingerprint density at radius 2 is 2.21 bits per heavy atom. The van der Waals surface area contributed by atoms with Gasteiger partial charge >= 0.3 is 0 Å². The van der Waals surface area contributed by atoms with Gasteiger partial charge in [-0.15, -0.1) is 0 Å². The minimum absolute atomic E-state index is 0.145. The van der Waals surface area contributed by atoms with Gasteiger partial charge in [0.1, 0.15) is 10.4 Å². The Kier molecular flexibility index (Phi) is 4.35. The number of aliphatic hydroxyl groups excluding tert-OH is 1. The minimum Gasteiger partial charge on any atom is -0.395 e. The van der Waals surface area contributed by atoms with Crippen molar-refractivity contribution in [2.75, 3.05) is 18.1 Å². The van der Waals surface area contributed by atoms with E-state index in [4.69, 9.17) is 5.11 Å². The summed E-state index contributed by atoms with van der Waals surface area (Å²) in [5, 5.41) is 8.94. The predicted octanol–water partition coefficient (Wildman–Crippen LogP) is 2.05. The smallest absolute Gasteiger partial charge is 0.130 e. The molecule has 0 radical (unpaired) electrons. The van der Waals surface area contributed by atoms with Crippen molar-refractivity contribution in [3.63, 3.8) is 0 Å². The molecule has 1 heterocycles. The summed E-state index contributed by atoms with van der Waals surface area (Å²) in [6, 6.07) is 6.12. The molecular weight excluding hydrogens is 244 g/mol. The van der Waals surface area contributed by atoms with Crippen LogP contribution in [0.25, 0.3) is 0 Å². The molecule has 78 valence electrons. The van der Waals surface area contributed by atoms with E-state index in [0.717, 1.165) is 10.4 Å². The molecule has 0 aromatic carbocycles. The van der Waals surface area contributed by atoms with Crippen LogP contribution in [0.5, 0.6) is 0 Å². The van der Waals surface area contributed by atoms with Gasteiger partial charge in [-0.25, -0.2) is 4.98 Å². The van der Waals surface area contributed by atoms with E-state index >= 15 is 0 Å². The highest BCUT2D eigenvalue weighted by atomic mass is 79.9. The molecule has 3 nitrogen and oxygen atoms in total. The van der Waals surface area contributed by atoms with Crippen molar-refractivity contribution in [2.24, 2.45) is 0 Å². The SMILES string of the molecule is CC(C)N(CCO)c1cccc(Br)n1. The van der Waals surface area contributed by atoms with Crippen LogP contribution in [0.3, 0.4) is 0 Å². The third-order valence-electron chi connectivity index (χ3n) is 1.96. The third-order valence-corrected chi connectivity index (χ3v) is 2.40. The molecule has 0 fully saturated rings. The number of pyridine rings is 1. The number of rotatable bonds is 4. The second-order valence-corrected chi connectivity index (χ2v) is 4.14. The summed E-state index contributed by atoms with van der Waals surface area (Å²) in [6.07, 6.45) is 0. The summed E-state index contributed by atoms with van der Waals surface area (Å²) in [5.74, 6) is 0.892. The van der Waals surface area contributed by atoms with Crippen LogP contribution in [-0.2, 0) is 0 Å². The van der Waals surface area contributed by atoms with E-state index in [0.29, 0.717) is 12.6 Å². The maximum atomic E-state index is 8.94. The average molecular weight is 259 g/mol. The number of anilines is 1. The fourth-order valence-corrected chi connectivity index (χ4v) is 1.64. The van der Waals surface area contributed by atoms with Crippen molar-refractivity contribution < 1.29 is 5.11 Å². The van der Waals surface area contributed by atoms with Gasteiger partial charge in [0.2, 0.25) is 0 Å². The molecule has 0 saturated carbocycles. The lowest BCUT2D eigenvalue weighted by Crippen LogP contribution is -2.34. The molecule has 0 unspecified atom stereocenters. The summed E-state index contributed by atoms with van der Waals surface area (Å²) < 4.78 is 0.818. The fraction of sp³-hybridized carbons (Fsp3) is 0.500. The van der Waals surface area contributed by atoms with Gasteiger partial charge in [-0.1, -0.05) is 6.07 Å². The molecule has 0 spiro atoms. The topological polar surface area (TPSA) is 36.4 Å². The zero-order valence-corrected chi connectivity index (χ0v) is 10.0. The first-order valence-electron chi connectivity index (χ1n) is 4.65. The summed E-state index contributed by atoms with van der Waals surface area (Å²) in [5.41, 5.74) is 0. The first-order valence-corrected chi connectivity index (χ1v) is 5.44. The molecule has 0 aliphatic carbocycles. The largest absolute Gasteiger partial charge is 0.395 e. The summed E-state index contributed by atoms with van der Waals surface area (Å²) in [7, 11) is 0. The Labute approximate surface area is 92.9 Å². The van der Waals surface area contributed by atoms with Crippen LogP contribution in [0, 0.1) is 0 Å². The highest BCUT2D eigenvalue weighted by molar-refractivity contribution is 9.10. The van der Waals surface area contributed by atoms with Crippen LogP contribution in [-0.4, -0.2) is 29.3 Å². The summed E-state index contributed by atoms with van der Waals surface area (Å²) in [4.78, 5) is 6.41. The van der Waals surface area contributed by atoms with Crippen LogP contribution < -0.4 is 4.90 Å². The van der Waals surface area contributed by atoms with Crippen molar-refractivity contribution >= 4 is 21.7 Å². The maximum absolute atomic E-state index is 8.94. The zero-order valence-electron chi connectivity index (χ0n) is 8.44. The lowest BCUT2D eigenvalue weighted by Gasteiger charge is -2.26. The Hall–Kier alpha value is -0.610. The Morgan fingerprint density at radius 3 is 2.71 bits per heavy atom. The standard InChI is InChI=1S/C10H15BrN2O/c1-8(2)13(6-7-14)10-5-3-4-9(11)12-10/h3-5,8,14H,6-7H2,1-2H3. The molecule has 0 saturated heterocycles. The molecule has 1 rings (SSSR count). The number of nitrogens with zero attached hydrogens (tertiary/aromatic N) is 2. The Bertz CT molecular complexity index is 291. The quantitative estimate of drug-likeness (QED) is 0.841. The van der Waals surface area contributed by atoms with Crippen molar-refractivity contribution in [1.29, 1.82) is 0 Å². The number of halogens is 1. The van der Waals surface area contributed by atoms with Crippen LogP contribution in [0.15, 0.2) is 22.8 Å². The molecule has 0 atom stereocenters. The molecular formula is C10H15BrN2O. The van der Waals surface area contributed by atoms with Gasteiger partial charge in [0, 0.05) is 12.6 Å². The van der Waals surface area contributed by atoms with Gasteiger partial charge in [-0.2, -0.15) is 0 Å². The Morgan fingerprint density at radius 1 is 1.50 bits per heavy atom. The van der Waals surface area contributed by atoms with E-state index < -0.39 is 0 Å².